The van der Waals surface area contributed by atoms with Crippen LogP contribution >= 0.6 is 34.2 Å². The minimum absolute atomic E-state index is 0.620. The molecule has 1 aromatic carbocycles. The fraction of sp³-hybridized carbons (Fsp3) is 0. The molecule has 1 amide bonds. The number of benzene rings is 1. The number of hydrogen-bond acceptors (Lipinski definition) is 1. The molecule has 0 aromatic heterocycles. The molecule has 1 N–H and O–H groups in total. The van der Waals surface area contributed by atoms with Crippen molar-refractivity contribution in [3.05, 3.63) is 26.8 Å². The van der Waals surface area contributed by atoms with Gasteiger partial charge in [0.25, 0.3) is 0 Å². The van der Waals surface area contributed by atoms with E-state index in [4.69, 9.17) is 11.6 Å². The van der Waals surface area contributed by atoms with Gasteiger partial charge in [-0.1, -0.05) is 11.6 Å². The van der Waals surface area contributed by atoms with Gasteiger partial charge in [0.1, 0.15) is 0 Å². The number of halogens is 2. The predicted octanol–water partition coefficient (Wildman–Crippen LogP) is 2.51. The topological polar surface area (TPSA) is 29.1 Å². The van der Waals surface area contributed by atoms with E-state index in [0.29, 0.717) is 11.4 Å². The molecule has 11 heavy (non-hydrogen) atoms. The molecule has 0 radical (unpaired) electrons. The Hall–Kier alpha value is -0.290. The van der Waals surface area contributed by atoms with Crippen molar-refractivity contribution in [3.63, 3.8) is 0 Å². The molecule has 0 heterocycles. The maximum atomic E-state index is 10.1. The van der Waals surface area contributed by atoms with Crippen LogP contribution in [0.2, 0.25) is 5.02 Å². The van der Waals surface area contributed by atoms with Crippen LogP contribution in [0, 0.1) is 3.57 Å². The van der Waals surface area contributed by atoms with Gasteiger partial charge in [0.15, 0.2) is 0 Å². The maximum Gasteiger partial charge on any atom is 0.211 e. The minimum atomic E-state index is 0.620. The van der Waals surface area contributed by atoms with E-state index in [1.165, 1.54) is 0 Å². The predicted molar refractivity (Wildman–Crippen MR) is 53.9 cm³/mol. The molecule has 0 aliphatic carbocycles. The first-order valence-corrected chi connectivity index (χ1v) is 4.35. The van der Waals surface area contributed by atoms with Gasteiger partial charge in [-0.3, -0.25) is 4.79 Å². The number of anilines is 1. The smallest absolute Gasteiger partial charge is 0.211 e. The molecule has 0 bridgehead atoms. The third-order valence-electron chi connectivity index (χ3n) is 1.14. The van der Waals surface area contributed by atoms with Gasteiger partial charge in [-0.05, 0) is 40.8 Å². The number of nitrogens with one attached hydrogen (secondary N) is 1. The lowest BCUT2D eigenvalue weighted by Gasteiger charge is -2.01. The minimum Gasteiger partial charge on any atom is -0.328 e. The second-order valence-electron chi connectivity index (χ2n) is 1.89. The Kier molecular flexibility index (Phi) is 3.14. The highest BCUT2D eigenvalue weighted by molar-refractivity contribution is 14.1. The first-order chi connectivity index (χ1) is 5.24. The molecule has 1 aromatic rings. The lowest BCUT2D eigenvalue weighted by Crippen LogP contribution is -1.95. The van der Waals surface area contributed by atoms with E-state index in [2.05, 4.69) is 27.9 Å². The fourth-order valence-electron chi connectivity index (χ4n) is 0.672. The molecule has 0 unspecified atom stereocenters. The van der Waals surface area contributed by atoms with E-state index in [1.54, 1.807) is 12.1 Å². The molecule has 4 heteroatoms. The van der Waals surface area contributed by atoms with Crippen molar-refractivity contribution in [2.45, 2.75) is 0 Å². The van der Waals surface area contributed by atoms with Gasteiger partial charge in [-0.2, -0.15) is 0 Å². The summed E-state index contributed by atoms with van der Waals surface area (Å²) in [6.07, 6.45) is 0.633. The molecular weight excluding hydrogens is 276 g/mol. The number of rotatable bonds is 2. The van der Waals surface area contributed by atoms with E-state index in [9.17, 15) is 4.79 Å². The fourth-order valence-corrected chi connectivity index (χ4v) is 1.33. The van der Waals surface area contributed by atoms with Gasteiger partial charge in [-0.15, -0.1) is 0 Å². The van der Waals surface area contributed by atoms with Gasteiger partial charge in [-0.25, -0.2) is 0 Å². The Morgan fingerprint density at radius 1 is 1.55 bits per heavy atom. The van der Waals surface area contributed by atoms with Crippen molar-refractivity contribution in [1.29, 1.82) is 0 Å². The van der Waals surface area contributed by atoms with Gasteiger partial charge < -0.3 is 5.32 Å². The van der Waals surface area contributed by atoms with Crippen LogP contribution < -0.4 is 5.32 Å². The monoisotopic (exact) mass is 281 g/mol. The zero-order valence-corrected chi connectivity index (χ0v) is 8.39. The van der Waals surface area contributed by atoms with Crippen LogP contribution in [-0.2, 0) is 4.79 Å². The zero-order chi connectivity index (χ0) is 8.27. The molecule has 0 aliphatic heterocycles. The molecular formula is C7H5ClINO. The molecule has 2 nitrogen and oxygen atoms in total. The van der Waals surface area contributed by atoms with Gasteiger partial charge >= 0.3 is 0 Å². The first-order valence-electron chi connectivity index (χ1n) is 2.89. The summed E-state index contributed by atoms with van der Waals surface area (Å²) in [6.45, 7) is 0. The Balaban J connectivity index is 3.01. The highest BCUT2D eigenvalue weighted by Crippen LogP contribution is 2.21. The Morgan fingerprint density at radius 3 is 2.91 bits per heavy atom. The van der Waals surface area contributed by atoms with Crippen molar-refractivity contribution >= 4 is 46.3 Å². The highest BCUT2D eigenvalue weighted by atomic mass is 127. The summed E-state index contributed by atoms with van der Waals surface area (Å²) >= 11 is 7.81. The summed E-state index contributed by atoms with van der Waals surface area (Å²) in [6, 6.07) is 5.33. The quantitative estimate of drug-likeness (QED) is 0.655. The second kappa shape index (κ2) is 3.92. The van der Waals surface area contributed by atoms with E-state index in [1.807, 2.05) is 6.07 Å². The second-order valence-corrected chi connectivity index (χ2v) is 3.48. The summed E-state index contributed by atoms with van der Waals surface area (Å²) in [5, 5.41) is 3.16. The third-order valence-corrected chi connectivity index (χ3v) is 2.32. The van der Waals surface area contributed by atoms with Crippen molar-refractivity contribution in [1.82, 2.24) is 0 Å². The Labute approximate surface area is 83.1 Å². The van der Waals surface area contributed by atoms with Gasteiger partial charge in [0.05, 0.1) is 5.69 Å². The van der Waals surface area contributed by atoms with Crippen molar-refractivity contribution in [2.24, 2.45) is 0 Å². The Bertz CT molecular complexity index is 277. The summed E-state index contributed by atoms with van der Waals surface area (Å²) in [5.74, 6) is 0. The number of amides is 1. The molecule has 0 saturated heterocycles. The molecule has 0 fully saturated rings. The maximum absolute atomic E-state index is 10.1. The first kappa shape index (κ1) is 8.80. The third kappa shape index (κ3) is 2.34. The van der Waals surface area contributed by atoms with Crippen molar-refractivity contribution < 1.29 is 4.79 Å². The van der Waals surface area contributed by atoms with Crippen molar-refractivity contribution in [3.8, 4) is 0 Å². The molecule has 58 valence electrons. The average Bonchev–Trinajstić information content (AvgIpc) is 1.98. The molecule has 1 rings (SSSR count). The number of hydrogen-bond donors (Lipinski definition) is 1. The standard InChI is InChI=1S/C7H5ClINO/c8-5-1-2-6(9)7(3-5)10-4-11/h1-4H,(H,10,11). The van der Waals surface area contributed by atoms with Crippen LogP contribution in [0.3, 0.4) is 0 Å². The van der Waals surface area contributed by atoms with Crippen LogP contribution in [0.15, 0.2) is 18.2 Å². The number of carbonyl (C=O) groups excluding carboxylic acids is 1. The summed E-state index contributed by atoms with van der Waals surface area (Å²) in [5.41, 5.74) is 0.744. The SMILES string of the molecule is O=CNc1cc(Cl)ccc1I. The highest BCUT2D eigenvalue weighted by Gasteiger charge is 1.97. The van der Waals surface area contributed by atoms with E-state index >= 15 is 0 Å². The van der Waals surface area contributed by atoms with Crippen LogP contribution in [0.4, 0.5) is 5.69 Å². The normalized spacial score (nSPS) is 9.27. The van der Waals surface area contributed by atoms with Crippen LogP contribution in [0.1, 0.15) is 0 Å². The van der Waals surface area contributed by atoms with Gasteiger partial charge in [0, 0.05) is 8.59 Å². The average molecular weight is 281 g/mol. The molecule has 0 atom stereocenters. The van der Waals surface area contributed by atoms with Crippen LogP contribution in [0.5, 0.6) is 0 Å². The molecule has 0 spiro atoms. The lowest BCUT2D eigenvalue weighted by atomic mass is 10.3. The van der Waals surface area contributed by atoms with Crippen molar-refractivity contribution in [2.75, 3.05) is 5.32 Å². The van der Waals surface area contributed by atoms with E-state index < -0.39 is 0 Å². The number of carbonyl (C=O) groups is 1. The van der Waals surface area contributed by atoms with Crippen LogP contribution in [-0.4, -0.2) is 6.41 Å². The van der Waals surface area contributed by atoms with E-state index in [-0.39, 0.29) is 0 Å². The summed E-state index contributed by atoms with van der Waals surface area (Å²) in [7, 11) is 0. The summed E-state index contributed by atoms with van der Waals surface area (Å²) in [4.78, 5) is 10.1. The Morgan fingerprint density at radius 2 is 2.27 bits per heavy atom. The van der Waals surface area contributed by atoms with Crippen LogP contribution in [0.25, 0.3) is 0 Å². The summed E-state index contributed by atoms with van der Waals surface area (Å²) < 4.78 is 0.971. The van der Waals surface area contributed by atoms with E-state index in [0.717, 1.165) is 9.26 Å². The molecule has 0 saturated carbocycles. The largest absolute Gasteiger partial charge is 0.328 e. The zero-order valence-electron chi connectivity index (χ0n) is 5.47. The molecule has 0 aliphatic rings. The van der Waals surface area contributed by atoms with Gasteiger partial charge in [0.2, 0.25) is 6.41 Å². The lowest BCUT2D eigenvalue weighted by molar-refractivity contribution is -0.105.